The summed E-state index contributed by atoms with van der Waals surface area (Å²) in [5, 5.41) is 3.03. The highest BCUT2D eigenvalue weighted by Crippen LogP contribution is 2.19. The minimum atomic E-state index is -0.767. The Morgan fingerprint density at radius 1 is 0.944 bits per heavy atom. The molecule has 0 heterocycles. The number of nitrogens with zero attached hydrogens (tertiary/aromatic N) is 1. The van der Waals surface area contributed by atoms with E-state index in [1.807, 2.05) is 68.4 Å². The number of methoxy groups -OCH3 is 1. The third-order valence-electron chi connectivity index (χ3n) is 5.94. The van der Waals surface area contributed by atoms with Crippen molar-refractivity contribution >= 4 is 11.8 Å². The maximum atomic E-state index is 13.5. The van der Waals surface area contributed by atoms with E-state index in [-0.39, 0.29) is 31.0 Å². The maximum Gasteiger partial charge on any atom is 0.261 e. The van der Waals surface area contributed by atoms with E-state index in [4.69, 9.17) is 9.47 Å². The normalized spacial score (nSPS) is 12.3. The van der Waals surface area contributed by atoms with Crippen molar-refractivity contribution in [3.63, 3.8) is 0 Å². The average molecular weight is 493 g/mol. The Hall–Kier alpha value is -3.87. The molecule has 0 aliphatic heterocycles. The molecule has 0 spiro atoms. The summed E-state index contributed by atoms with van der Waals surface area (Å²) in [7, 11) is 1.58. The van der Waals surface area contributed by atoms with Crippen LogP contribution in [0.1, 0.15) is 31.4 Å². The van der Waals surface area contributed by atoms with Crippen LogP contribution in [0.5, 0.6) is 11.5 Å². The van der Waals surface area contributed by atoms with Gasteiger partial charge in [0, 0.05) is 19.0 Å². The first-order chi connectivity index (χ1) is 17.4. The SMILES string of the molecule is CC[C@@H](C)NC(=O)[C@@H](Cc1ccccc1)N(Cc1cccc(OC)c1)C(=O)COc1ccc(F)cc1. The second kappa shape index (κ2) is 13.3. The quantitative estimate of drug-likeness (QED) is 0.396. The third kappa shape index (κ3) is 7.83. The number of amides is 2. The van der Waals surface area contributed by atoms with Gasteiger partial charge in [-0.3, -0.25) is 9.59 Å². The highest BCUT2D eigenvalue weighted by atomic mass is 19.1. The van der Waals surface area contributed by atoms with Crippen LogP contribution in [0.15, 0.2) is 78.9 Å². The standard InChI is InChI=1S/C29H33FN2O4/c1-4-21(2)31-29(34)27(18-22-9-6-5-7-10-22)32(19-23-11-8-12-26(17-23)35-3)28(33)20-36-25-15-13-24(30)14-16-25/h5-17,21,27H,4,18-20H2,1-3H3,(H,31,34)/t21-,27-/m1/s1. The number of ether oxygens (including phenoxy) is 2. The van der Waals surface area contributed by atoms with E-state index in [1.165, 1.54) is 24.3 Å². The first kappa shape index (κ1) is 26.7. The molecule has 0 fully saturated rings. The van der Waals surface area contributed by atoms with Crippen LogP contribution >= 0.6 is 0 Å². The molecular weight excluding hydrogens is 459 g/mol. The Labute approximate surface area is 212 Å². The number of carbonyl (C=O) groups excluding carboxylic acids is 2. The van der Waals surface area contributed by atoms with Crippen LogP contribution in [0.2, 0.25) is 0 Å². The molecule has 36 heavy (non-hydrogen) atoms. The fourth-order valence-corrected chi connectivity index (χ4v) is 3.72. The van der Waals surface area contributed by atoms with Crippen molar-refractivity contribution in [1.82, 2.24) is 10.2 Å². The molecule has 0 aliphatic carbocycles. The van der Waals surface area contributed by atoms with Crippen molar-refractivity contribution in [3.8, 4) is 11.5 Å². The van der Waals surface area contributed by atoms with Gasteiger partial charge in [-0.05, 0) is 60.9 Å². The van der Waals surface area contributed by atoms with Gasteiger partial charge in [0.1, 0.15) is 23.4 Å². The molecule has 3 rings (SSSR count). The van der Waals surface area contributed by atoms with Crippen molar-refractivity contribution in [2.24, 2.45) is 0 Å². The minimum absolute atomic E-state index is 0.0417. The van der Waals surface area contributed by atoms with Gasteiger partial charge in [-0.25, -0.2) is 4.39 Å². The first-order valence-electron chi connectivity index (χ1n) is 12.0. The number of nitrogens with one attached hydrogen (secondary N) is 1. The van der Waals surface area contributed by atoms with Gasteiger partial charge < -0.3 is 19.7 Å². The molecule has 1 N–H and O–H groups in total. The molecule has 0 unspecified atom stereocenters. The molecule has 7 heteroatoms. The zero-order chi connectivity index (χ0) is 25.9. The van der Waals surface area contributed by atoms with Gasteiger partial charge in [0.05, 0.1) is 7.11 Å². The van der Waals surface area contributed by atoms with Crippen molar-refractivity contribution in [2.45, 2.75) is 45.3 Å². The number of carbonyl (C=O) groups is 2. The van der Waals surface area contributed by atoms with Gasteiger partial charge in [-0.15, -0.1) is 0 Å². The predicted octanol–water partition coefficient (Wildman–Crippen LogP) is 4.77. The van der Waals surface area contributed by atoms with Crippen molar-refractivity contribution in [2.75, 3.05) is 13.7 Å². The van der Waals surface area contributed by atoms with Crippen LogP contribution < -0.4 is 14.8 Å². The monoisotopic (exact) mass is 492 g/mol. The Kier molecular flexibility index (Phi) is 9.86. The average Bonchev–Trinajstić information content (AvgIpc) is 2.90. The highest BCUT2D eigenvalue weighted by Gasteiger charge is 2.31. The Morgan fingerprint density at radius 3 is 2.31 bits per heavy atom. The summed E-state index contributed by atoms with van der Waals surface area (Å²) in [5.41, 5.74) is 1.75. The Morgan fingerprint density at radius 2 is 1.64 bits per heavy atom. The second-order valence-corrected chi connectivity index (χ2v) is 8.64. The molecule has 0 saturated heterocycles. The highest BCUT2D eigenvalue weighted by molar-refractivity contribution is 5.88. The van der Waals surface area contributed by atoms with Crippen molar-refractivity contribution < 1.29 is 23.5 Å². The summed E-state index contributed by atoms with van der Waals surface area (Å²) >= 11 is 0. The lowest BCUT2D eigenvalue weighted by Gasteiger charge is -2.32. The summed E-state index contributed by atoms with van der Waals surface area (Å²) < 4.78 is 24.3. The molecule has 0 saturated carbocycles. The molecule has 190 valence electrons. The smallest absolute Gasteiger partial charge is 0.261 e. The summed E-state index contributed by atoms with van der Waals surface area (Å²) in [5.74, 6) is 0.0486. The van der Waals surface area contributed by atoms with E-state index in [9.17, 15) is 14.0 Å². The van der Waals surface area contributed by atoms with Crippen LogP contribution in [-0.4, -0.2) is 42.5 Å². The number of hydrogen-bond acceptors (Lipinski definition) is 4. The third-order valence-corrected chi connectivity index (χ3v) is 5.94. The number of halogens is 1. The zero-order valence-electron chi connectivity index (χ0n) is 20.9. The topological polar surface area (TPSA) is 67.9 Å². The molecule has 0 radical (unpaired) electrons. The summed E-state index contributed by atoms with van der Waals surface area (Å²) in [6.45, 7) is 3.82. The van der Waals surface area contributed by atoms with Gasteiger partial charge in [-0.2, -0.15) is 0 Å². The molecule has 2 atom stereocenters. The van der Waals surface area contributed by atoms with Crippen LogP contribution in [-0.2, 0) is 22.6 Å². The van der Waals surface area contributed by atoms with Crippen molar-refractivity contribution in [3.05, 3.63) is 95.8 Å². The largest absolute Gasteiger partial charge is 0.497 e. The lowest BCUT2D eigenvalue weighted by atomic mass is 10.0. The van der Waals surface area contributed by atoms with E-state index < -0.39 is 11.9 Å². The number of benzene rings is 3. The molecular formula is C29H33FN2O4. The van der Waals surface area contributed by atoms with Gasteiger partial charge in [0.15, 0.2) is 6.61 Å². The maximum absolute atomic E-state index is 13.5. The lowest BCUT2D eigenvalue weighted by molar-refractivity contribution is -0.143. The fourth-order valence-electron chi connectivity index (χ4n) is 3.72. The van der Waals surface area contributed by atoms with E-state index in [0.717, 1.165) is 17.5 Å². The van der Waals surface area contributed by atoms with Crippen LogP contribution in [0.25, 0.3) is 0 Å². The van der Waals surface area contributed by atoms with Crippen LogP contribution in [0.3, 0.4) is 0 Å². The van der Waals surface area contributed by atoms with Gasteiger partial charge in [-0.1, -0.05) is 49.4 Å². The Balaban J connectivity index is 1.92. The van der Waals surface area contributed by atoms with Gasteiger partial charge in [0.2, 0.25) is 5.91 Å². The molecule has 0 bridgehead atoms. The molecule has 3 aromatic rings. The van der Waals surface area contributed by atoms with Crippen molar-refractivity contribution in [1.29, 1.82) is 0 Å². The molecule has 0 aliphatic rings. The molecule has 2 amide bonds. The number of hydrogen-bond donors (Lipinski definition) is 1. The lowest BCUT2D eigenvalue weighted by Crippen LogP contribution is -2.53. The van der Waals surface area contributed by atoms with E-state index in [0.29, 0.717) is 17.9 Å². The van der Waals surface area contributed by atoms with Crippen LogP contribution in [0.4, 0.5) is 4.39 Å². The molecule has 0 aromatic heterocycles. The van der Waals surface area contributed by atoms with Gasteiger partial charge >= 0.3 is 0 Å². The van der Waals surface area contributed by atoms with Gasteiger partial charge in [0.25, 0.3) is 5.91 Å². The zero-order valence-corrected chi connectivity index (χ0v) is 20.9. The summed E-state index contributed by atoms with van der Waals surface area (Å²) in [4.78, 5) is 28.6. The molecule has 3 aromatic carbocycles. The first-order valence-corrected chi connectivity index (χ1v) is 12.0. The Bertz CT molecular complexity index is 1120. The van der Waals surface area contributed by atoms with Crippen LogP contribution in [0, 0.1) is 5.82 Å². The second-order valence-electron chi connectivity index (χ2n) is 8.64. The summed E-state index contributed by atoms with van der Waals surface area (Å²) in [6, 6.07) is 21.7. The fraction of sp³-hybridized carbons (Fsp3) is 0.310. The minimum Gasteiger partial charge on any atom is -0.497 e. The van der Waals surface area contributed by atoms with E-state index >= 15 is 0 Å². The number of rotatable bonds is 12. The molecule has 6 nitrogen and oxygen atoms in total. The predicted molar refractivity (Wildman–Crippen MR) is 137 cm³/mol. The van der Waals surface area contributed by atoms with E-state index in [2.05, 4.69) is 5.32 Å². The van der Waals surface area contributed by atoms with E-state index in [1.54, 1.807) is 12.0 Å². The summed E-state index contributed by atoms with van der Waals surface area (Å²) in [6.07, 6.45) is 1.11.